The van der Waals surface area contributed by atoms with Crippen LogP contribution in [0.4, 0.5) is 9.59 Å². The lowest BCUT2D eigenvalue weighted by Crippen LogP contribution is -2.46. The normalized spacial score (nSPS) is 20.2. The lowest BCUT2D eigenvalue weighted by atomic mass is 9.87. The number of ether oxygens (including phenoxy) is 3. The second-order valence-electron chi connectivity index (χ2n) is 9.33. The third-order valence-electron chi connectivity index (χ3n) is 4.19. The van der Waals surface area contributed by atoms with Gasteiger partial charge in [0.1, 0.15) is 11.2 Å². The van der Waals surface area contributed by atoms with Gasteiger partial charge >= 0.3 is 12.2 Å². The molecule has 2 rings (SSSR count). The number of aliphatic hydroxyl groups is 1. The van der Waals surface area contributed by atoms with Gasteiger partial charge in [0.05, 0.1) is 0 Å². The van der Waals surface area contributed by atoms with E-state index in [0.717, 1.165) is 0 Å². The third kappa shape index (κ3) is 7.53. The highest BCUT2D eigenvalue weighted by Crippen LogP contribution is 2.31. The number of nitrogens with zero attached hydrogens (tertiary/aromatic N) is 2. The van der Waals surface area contributed by atoms with Gasteiger partial charge in [-0.1, -0.05) is 6.07 Å². The van der Waals surface area contributed by atoms with E-state index >= 15 is 0 Å². The molecule has 0 unspecified atom stereocenters. The number of amides is 1. The Morgan fingerprint density at radius 1 is 1.10 bits per heavy atom. The van der Waals surface area contributed by atoms with Crippen molar-refractivity contribution in [1.29, 1.82) is 0 Å². The minimum absolute atomic E-state index is 0.0378. The van der Waals surface area contributed by atoms with Gasteiger partial charge in [-0.05, 0) is 54.0 Å². The fraction of sp³-hybridized carbons (Fsp3) is 0.667. The van der Waals surface area contributed by atoms with Crippen molar-refractivity contribution in [3.63, 3.8) is 0 Å². The largest absolute Gasteiger partial charge is 0.515 e. The second-order valence-corrected chi connectivity index (χ2v) is 9.33. The van der Waals surface area contributed by atoms with Crippen LogP contribution in [0.3, 0.4) is 0 Å². The zero-order chi connectivity index (χ0) is 21.8. The minimum Gasteiger partial charge on any atom is -0.444 e. The molecular formula is C21H32N2O6. The number of hydrogen-bond acceptors (Lipinski definition) is 7. The standard InChI is InChI=1S/C21H32N2O6/c1-20(2,3)28-18(25)23-11-14(13-24)10-15(12-23)16-8-7-9-17(22-16)27-19(26)29-21(4,5)6/h7-9,14-15,24H,10-13H2,1-6H3/t14-,15+/m0/s1. The number of piperidine rings is 1. The van der Waals surface area contributed by atoms with Crippen LogP contribution >= 0.6 is 0 Å². The molecule has 0 radical (unpaired) electrons. The predicted octanol–water partition coefficient (Wildman–Crippen LogP) is 3.73. The Morgan fingerprint density at radius 3 is 2.34 bits per heavy atom. The van der Waals surface area contributed by atoms with Crippen LogP contribution in [0.2, 0.25) is 0 Å². The number of hydrogen-bond donors (Lipinski definition) is 1. The monoisotopic (exact) mass is 408 g/mol. The van der Waals surface area contributed by atoms with E-state index in [2.05, 4.69) is 4.98 Å². The first-order valence-electron chi connectivity index (χ1n) is 9.83. The van der Waals surface area contributed by atoms with Crippen molar-refractivity contribution in [1.82, 2.24) is 9.88 Å². The van der Waals surface area contributed by atoms with Gasteiger partial charge < -0.3 is 24.2 Å². The van der Waals surface area contributed by atoms with Gasteiger partial charge in [-0.15, -0.1) is 0 Å². The Kier molecular flexibility index (Phi) is 7.11. The minimum atomic E-state index is -0.825. The van der Waals surface area contributed by atoms with Crippen molar-refractivity contribution in [2.75, 3.05) is 19.7 Å². The fourth-order valence-electron chi connectivity index (χ4n) is 3.10. The van der Waals surface area contributed by atoms with E-state index in [1.807, 2.05) is 26.8 Å². The van der Waals surface area contributed by atoms with Crippen LogP contribution in [0.1, 0.15) is 59.6 Å². The van der Waals surface area contributed by atoms with Crippen LogP contribution in [0.5, 0.6) is 5.88 Å². The Morgan fingerprint density at radius 2 is 1.76 bits per heavy atom. The number of pyridine rings is 1. The van der Waals surface area contributed by atoms with Gasteiger partial charge in [-0.25, -0.2) is 14.6 Å². The van der Waals surface area contributed by atoms with E-state index in [-0.39, 0.29) is 24.3 Å². The summed E-state index contributed by atoms with van der Waals surface area (Å²) in [7, 11) is 0. The molecule has 1 aliphatic rings. The predicted molar refractivity (Wildman–Crippen MR) is 107 cm³/mol. The van der Waals surface area contributed by atoms with Gasteiger partial charge in [0.15, 0.2) is 0 Å². The molecule has 0 aliphatic carbocycles. The zero-order valence-corrected chi connectivity index (χ0v) is 18.1. The summed E-state index contributed by atoms with van der Waals surface area (Å²) in [6.45, 7) is 11.5. The Labute approximate surface area is 172 Å². The molecule has 0 aromatic carbocycles. The Hall–Kier alpha value is -2.35. The van der Waals surface area contributed by atoms with Crippen LogP contribution < -0.4 is 4.74 Å². The highest BCUT2D eigenvalue weighted by atomic mass is 16.7. The summed E-state index contributed by atoms with van der Waals surface area (Å²) in [5.74, 6) is -0.0687. The summed E-state index contributed by atoms with van der Waals surface area (Å²) < 4.78 is 15.8. The molecule has 1 N–H and O–H groups in total. The average molecular weight is 408 g/mol. The highest BCUT2D eigenvalue weighted by Gasteiger charge is 2.33. The Balaban J connectivity index is 2.13. The van der Waals surface area contributed by atoms with Crippen molar-refractivity contribution in [2.45, 2.75) is 65.1 Å². The van der Waals surface area contributed by atoms with Crippen molar-refractivity contribution in [3.8, 4) is 5.88 Å². The summed E-state index contributed by atoms with van der Waals surface area (Å²) in [6.07, 6.45) is -0.574. The molecule has 1 aromatic rings. The van der Waals surface area contributed by atoms with E-state index in [9.17, 15) is 14.7 Å². The van der Waals surface area contributed by atoms with E-state index in [4.69, 9.17) is 14.2 Å². The zero-order valence-electron chi connectivity index (χ0n) is 18.1. The quantitative estimate of drug-likeness (QED) is 0.761. The van der Waals surface area contributed by atoms with E-state index in [1.165, 1.54) is 0 Å². The summed E-state index contributed by atoms with van der Waals surface area (Å²) >= 11 is 0. The van der Waals surface area contributed by atoms with Crippen molar-refractivity contribution >= 4 is 12.2 Å². The smallest absolute Gasteiger partial charge is 0.444 e. The number of likely N-dealkylation sites (tertiary alicyclic amines) is 1. The van der Waals surface area contributed by atoms with Gasteiger partial charge in [-0.2, -0.15) is 0 Å². The molecule has 162 valence electrons. The van der Waals surface area contributed by atoms with Crippen molar-refractivity contribution < 1.29 is 28.9 Å². The maximum Gasteiger partial charge on any atom is 0.515 e. The molecule has 1 aromatic heterocycles. The summed E-state index contributed by atoms with van der Waals surface area (Å²) in [6, 6.07) is 5.13. The first-order chi connectivity index (χ1) is 13.4. The Bertz CT molecular complexity index is 723. The third-order valence-corrected chi connectivity index (χ3v) is 4.19. The van der Waals surface area contributed by atoms with Crippen LogP contribution in [0.15, 0.2) is 18.2 Å². The van der Waals surface area contributed by atoms with Crippen molar-refractivity contribution in [2.24, 2.45) is 5.92 Å². The maximum atomic E-state index is 12.5. The lowest BCUT2D eigenvalue weighted by Gasteiger charge is -2.37. The summed E-state index contributed by atoms with van der Waals surface area (Å²) in [5, 5.41) is 9.68. The molecule has 1 aliphatic heterocycles. The van der Waals surface area contributed by atoms with E-state index in [1.54, 1.807) is 37.8 Å². The molecule has 29 heavy (non-hydrogen) atoms. The number of aliphatic hydroxyl groups excluding tert-OH is 1. The van der Waals surface area contributed by atoms with E-state index < -0.39 is 23.5 Å². The molecule has 8 heteroatoms. The van der Waals surface area contributed by atoms with E-state index in [0.29, 0.717) is 25.2 Å². The van der Waals surface area contributed by atoms with Gasteiger partial charge in [-0.3, -0.25) is 0 Å². The molecule has 8 nitrogen and oxygen atoms in total. The van der Waals surface area contributed by atoms with Crippen LogP contribution in [0, 0.1) is 5.92 Å². The van der Waals surface area contributed by atoms with Crippen LogP contribution in [-0.4, -0.2) is 58.1 Å². The van der Waals surface area contributed by atoms with Gasteiger partial charge in [0, 0.05) is 43.3 Å². The first-order valence-corrected chi connectivity index (χ1v) is 9.83. The van der Waals surface area contributed by atoms with Crippen molar-refractivity contribution in [3.05, 3.63) is 23.9 Å². The lowest BCUT2D eigenvalue weighted by molar-refractivity contribution is 0.0101. The van der Waals surface area contributed by atoms with Crippen LogP contribution in [-0.2, 0) is 9.47 Å². The SMILES string of the molecule is CC(C)(C)OC(=O)Oc1cccc([C@@H]2C[C@H](CO)CN(C(=O)OC(C)(C)C)C2)n1. The molecule has 1 fully saturated rings. The number of aromatic nitrogens is 1. The molecule has 1 amide bonds. The number of rotatable bonds is 3. The fourth-order valence-corrected chi connectivity index (χ4v) is 3.10. The molecule has 0 bridgehead atoms. The molecule has 0 spiro atoms. The number of carbonyl (C=O) groups excluding carboxylic acids is 2. The van der Waals surface area contributed by atoms with Gasteiger partial charge in [0.25, 0.3) is 0 Å². The summed E-state index contributed by atoms with van der Waals surface area (Å²) in [4.78, 5) is 30.4. The highest BCUT2D eigenvalue weighted by molar-refractivity contribution is 5.68. The maximum absolute atomic E-state index is 12.5. The molecule has 2 heterocycles. The molecule has 0 saturated carbocycles. The molecular weight excluding hydrogens is 376 g/mol. The summed E-state index contributed by atoms with van der Waals surface area (Å²) in [5.41, 5.74) is -0.587. The topological polar surface area (TPSA) is 98.2 Å². The van der Waals surface area contributed by atoms with Crippen LogP contribution in [0.25, 0.3) is 0 Å². The average Bonchev–Trinajstić information content (AvgIpc) is 2.58. The molecule has 2 atom stereocenters. The first kappa shape index (κ1) is 22.9. The molecule has 1 saturated heterocycles. The number of carbonyl (C=O) groups is 2. The second kappa shape index (κ2) is 8.98. The van der Waals surface area contributed by atoms with Gasteiger partial charge in [0.2, 0.25) is 5.88 Å².